The van der Waals surface area contributed by atoms with Gasteiger partial charge >= 0.3 is 0 Å². The number of nitrogens with zero attached hydrogens (tertiary/aromatic N) is 4. The molecule has 0 bridgehead atoms. The van der Waals surface area contributed by atoms with Crippen molar-refractivity contribution in [1.29, 1.82) is 10.5 Å². The van der Waals surface area contributed by atoms with Crippen LogP contribution in [0.25, 0.3) is 0 Å². The van der Waals surface area contributed by atoms with Crippen LogP contribution < -0.4 is 11.5 Å². The van der Waals surface area contributed by atoms with Crippen LogP contribution in [0.2, 0.25) is 0 Å². The summed E-state index contributed by atoms with van der Waals surface area (Å²) < 4.78 is 0. The van der Waals surface area contributed by atoms with Crippen LogP contribution in [0.4, 0.5) is 0 Å². The lowest BCUT2D eigenvalue weighted by molar-refractivity contribution is 0.915. The maximum atomic E-state index is 8.39. The highest BCUT2D eigenvalue weighted by Crippen LogP contribution is 2.05. The molecule has 0 aliphatic heterocycles. The summed E-state index contributed by atoms with van der Waals surface area (Å²) in [7, 11) is 0. The number of nitriles is 2. The summed E-state index contributed by atoms with van der Waals surface area (Å²) in [6.45, 7) is 0. The van der Waals surface area contributed by atoms with E-state index in [2.05, 4.69) is 9.97 Å². The van der Waals surface area contributed by atoms with E-state index < -0.39 is 12.1 Å². The largest absolute Gasteiger partial charge is 0.312 e. The molecule has 2 aromatic heterocycles. The molecular weight excluding hydrogens is 252 g/mol. The van der Waals surface area contributed by atoms with Crippen LogP contribution in [-0.4, -0.2) is 9.97 Å². The molecule has 20 heavy (non-hydrogen) atoms. The molecule has 0 amide bonds. The van der Waals surface area contributed by atoms with Gasteiger partial charge in [-0.3, -0.25) is 9.97 Å². The standard InChI is InChI=1S/2C7H7N3/c8-5-7(9)6-1-3-10-4-2-6;8-4-7(9)6-2-1-3-10-5-6/h1-4,7H,9H2;1-3,5,7H,9H2. The molecule has 0 radical (unpaired) electrons. The van der Waals surface area contributed by atoms with Crippen LogP contribution in [0.3, 0.4) is 0 Å². The Labute approximate surface area is 117 Å². The van der Waals surface area contributed by atoms with E-state index >= 15 is 0 Å². The Kier molecular flexibility index (Phi) is 6.35. The van der Waals surface area contributed by atoms with Gasteiger partial charge in [0.15, 0.2) is 0 Å². The highest BCUT2D eigenvalue weighted by Gasteiger charge is 2.01. The second-order valence-corrected chi connectivity index (χ2v) is 3.78. The Bertz CT molecular complexity index is 529. The Hall–Kier alpha value is -2.80. The fourth-order valence-electron chi connectivity index (χ4n) is 1.28. The smallest absolute Gasteiger partial charge is 0.120 e. The molecular formula is C14H14N6. The predicted molar refractivity (Wildman–Crippen MR) is 73.6 cm³/mol. The number of aromatic nitrogens is 2. The summed E-state index contributed by atoms with van der Waals surface area (Å²) in [5.74, 6) is 0. The quantitative estimate of drug-likeness (QED) is 0.841. The van der Waals surface area contributed by atoms with Crippen LogP contribution in [0.5, 0.6) is 0 Å². The van der Waals surface area contributed by atoms with E-state index in [0.29, 0.717) is 0 Å². The first kappa shape index (κ1) is 15.3. The van der Waals surface area contributed by atoms with Gasteiger partial charge in [0.2, 0.25) is 0 Å². The van der Waals surface area contributed by atoms with Gasteiger partial charge in [-0.05, 0) is 23.8 Å². The van der Waals surface area contributed by atoms with Crippen LogP contribution in [-0.2, 0) is 0 Å². The van der Waals surface area contributed by atoms with Crippen molar-refractivity contribution in [2.45, 2.75) is 12.1 Å². The molecule has 100 valence electrons. The third-order valence-corrected chi connectivity index (χ3v) is 2.39. The summed E-state index contributed by atoms with van der Waals surface area (Å²) in [5, 5.41) is 16.8. The van der Waals surface area contributed by atoms with E-state index in [1.165, 1.54) is 0 Å². The van der Waals surface area contributed by atoms with Gasteiger partial charge in [-0.2, -0.15) is 10.5 Å². The lowest BCUT2D eigenvalue weighted by Crippen LogP contribution is -2.06. The van der Waals surface area contributed by atoms with E-state index in [0.717, 1.165) is 11.1 Å². The molecule has 0 aliphatic carbocycles. The Morgan fingerprint density at radius 1 is 0.850 bits per heavy atom. The predicted octanol–water partition coefficient (Wildman–Crippen LogP) is 1.21. The molecule has 0 spiro atoms. The normalized spacial score (nSPS) is 12.0. The Morgan fingerprint density at radius 2 is 1.45 bits per heavy atom. The molecule has 6 heteroatoms. The monoisotopic (exact) mass is 266 g/mol. The molecule has 2 unspecified atom stereocenters. The van der Waals surface area contributed by atoms with Gasteiger partial charge in [0.1, 0.15) is 12.1 Å². The van der Waals surface area contributed by atoms with Gasteiger partial charge < -0.3 is 11.5 Å². The van der Waals surface area contributed by atoms with Gasteiger partial charge in [-0.15, -0.1) is 0 Å². The van der Waals surface area contributed by atoms with Crippen molar-refractivity contribution in [2.75, 3.05) is 0 Å². The van der Waals surface area contributed by atoms with Crippen molar-refractivity contribution in [3.8, 4) is 12.1 Å². The third kappa shape index (κ3) is 4.83. The zero-order valence-electron chi connectivity index (χ0n) is 10.7. The van der Waals surface area contributed by atoms with Crippen molar-refractivity contribution in [3.05, 3.63) is 60.2 Å². The summed E-state index contributed by atoms with van der Waals surface area (Å²) in [6, 6.07) is 9.77. The molecule has 2 heterocycles. The highest BCUT2D eigenvalue weighted by atomic mass is 14.7. The van der Waals surface area contributed by atoms with E-state index in [1.807, 2.05) is 12.1 Å². The number of nitrogens with two attached hydrogens (primary N) is 2. The van der Waals surface area contributed by atoms with Gasteiger partial charge in [0.05, 0.1) is 12.1 Å². The molecule has 0 saturated heterocycles. The zero-order chi connectivity index (χ0) is 14.8. The lowest BCUT2D eigenvalue weighted by atomic mass is 10.1. The number of hydrogen-bond donors (Lipinski definition) is 2. The number of pyridine rings is 2. The molecule has 0 saturated carbocycles. The van der Waals surface area contributed by atoms with E-state index in [-0.39, 0.29) is 0 Å². The van der Waals surface area contributed by atoms with E-state index in [9.17, 15) is 0 Å². The van der Waals surface area contributed by atoms with E-state index in [1.54, 1.807) is 49.1 Å². The molecule has 4 N–H and O–H groups in total. The maximum Gasteiger partial charge on any atom is 0.120 e. The number of hydrogen-bond acceptors (Lipinski definition) is 6. The molecule has 2 aromatic rings. The molecule has 6 nitrogen and oxygen atoms in total. The van der Waals surface area contributed by atoms with Crippen molar-refractivity contribution in [1.82, 2.24) is 9.97 Å². The van der Waals surface area contributed by atoms with Crippen molar-refractivity contribution >= 4 is 0 Å². The summed E-state index contributed by atoms with van der Waals surface area (Å²) in [4.78, 5) is 7.62. The summed E-state index contributed by atoms with van der Waals surface area (Å²) in [6.07, 6.45) is 6.47. The fourth-order valence-corrected chi connectivity index (χ4v) is 1.28. The second-order valence-electron chi connectivity index (χ2n) is 3.78. The Balaban J connectivity index is 0.000000200. The first-order chi connectivity index (χ1) is 9.69. The van der Waals surface area contributed by atoms with Crippen LogP contribution in [0.15, 0.2) is 49.1 Å². The van der Waals surface area contributed by atoms with Crippen molar-refractivity contribution in [2.24, 2.45) is 11.5 Å². The third-order valence-electron chi connectivity index (χ3n) is 2.39. The van der Waals surface area contributed by atoms with Crippen LogP contribution in [0, 0.1) is 22.7 Å². The molecule has 0 fully saturated rings. The topological polar surface area (TPSA) is 125 Å². The van der Waals surface area contributed by atoms with Crippen LogP contribution in [0.1, 0.15) is 23.2 Å². The van der Waals surface area contributed by atoms with Crippen molar-refractivity contribution in [3.63, 3.8) is 0 Å². The van der Waals surface area contributed by atoms with Gasteiger partial charge in [0.25, 0.3) is 0 Å². The molecule has 0 aliphatic rings. The minimum Gasteiger partial charge on any atom is -0.312 e. The minimum absolute atomic E-state index is 0.525. The molecule has 2 atom stereocenters. The zero-order valence-corrected chi connectivity index (χ0v) is 10.7. The maximum absolute atomic E-state index is 8.39. The Morgan fingerprint density at radius 3 is 1.95 bits per heavy atom. The first-order valence-electron chi connectivity index (χ1n) is 5.79. The SMILES string of the molecule is N#CC(N)c1cccnc1.N#CC(N)c1ccncc1. The minimum atomic E-state index is -0.548. The average molecular weight is 266 g/mol. The average Bonchev–Trinajstić information content (AvgIpc) is 2.55. The van der Waals surface area contributed by atoms with E-state index in [4.69, 9.17) is 22.0 Å². The fraction of sp³-hybridized carbons (Fsp3) is 0.143. The van der Waals surface area contributed by atoms with Gasteiger partial charge in [-0.1, -0.05) is 6.07 Å². The van der Waals surface area contributed by atoms with Crippen molar-refractivity contribution < 1.29 is 0 Å². The first-order valence-corrected chi connectivity index (χ1v) is 5.79. The second kappa shape index (κ2) is 8.33. The molecule has 0 aromatic carbocycles. The van der Waals surface area contributed by atoms with Gasteiger partial charge in [-0.25, -0.2) is 0 Å². The van der Waals surface area contributed by atoms with Crippen LogP contribution >= 0.6 is 0 Å². The molecule has 2 rings (SSSR count). The number of rotatable bonds is 2. The highest BCUT2D eigenvalue weighted by molar-refractivity contribution is 5.20. The summed E-state index contributed by atoms with van der Waals surface area (Å²) in [5.41, 5.74) is 12.4. The summed E-state index contributed by atoms with van der Waals surface area (Å²) >= 11 is 0. The lowest BCUT2D eigenvalue weighted by Gasteiger charge is -1.98. The van der Waals surface area contributed by atoms with Gasteiger partial charge in [0, 0.05) is 30.4 Å².